The molecule has 0 fully saturated rings. The van der Waals surface area contributed by atoms with Gasteiger partial charge in [0.05, 0.1) is 22.7 Å². The summed E-state index contributed by atoms with van der Waals surface area (Å²) in [5, 5.41) is 12.4. The molecule has 146 valence electrons. The maximum atomic E-state index is 12.8. The number of amides is 1. The van der Waals surface area contributed by atoms with Gasteiger partial charge >= 0.3 is 0 Å². The number of nitrogens with zero attached hydrogens (tertiary/aromatic N) is 2. The summed E-state index contributed by atoms with van der Waals surface area (Å²) in [6, 6.07) is 14.0. The number of anilines is 1. The van der Waals surface area contributed by atoms with Gasteiger partial charge in [-0.05, 0) is 44.5 Å². The fourth-order valence-electron chi connectivity index (χ4n) is 2.99. The van der Waals surface area contributed by atoms with Crippen molar-refractivity contribution < 1.29 is 13.2 Å². The summed E-state index contributed by atoms with van der Waals surface area (Å²) in [5.41, 5.74) is 4.42. The lowest BCUT2D eigenvalue weighted by atomic mass is 10.1. The Hall–Kier alpha value is -2.97. The zero-order valence-corrected chi connectivity index (χ0v) is 16.7. The maximum Gasteiger partial charge on any atom is 0.259 e. The normalized spacial score (nSPS) is 11.4. The predicted octanol–water partition coefficient (Wildman–Crippen LogP) is 2.76. The van der Waals surface area contributed by atoms with Crippen LogP contribution in [0, 0.1) is 20.8 Å². The smallest absolute Gasteiger partial charge is 0.259 e. The van der Waals surface area contributed by atoms with Crippen LogP contribution in [0.25, 0.3) is 0 Å². The van der Waals surface area contributed by atoms with Crippen LogP contribution in [-0.2, 0) is 16.6 Å². The molecule has 1 aromatic heterocycles. The van der Waals surface area contributed by atoms with Crippen LogP contribution in [0.3, 0.4) is 0 Å². The number of hydrogen-bond acceptors (Lipinski definition) is 4. The molecule has 0 radical (unpaired) electrons. The van der Waals surface area contributed by atoms with Crippen molar-refractivity contribution in [3.63, 3.8) is 0 Å². The van der Waals surface area contributed by atoms with E-state index in [1.807, 2.05) is 38.1 Å². The first-order chi connectivity index (χ1) is 13.1. The Morgan fingerprint density at radius 1 is 1.11 bits per heavy atom. The van der Waals surface area contributed by atoms with Gasteiger partial charge in [-0.2, -0.15) is 5.10 Å². The first-order valence-corrected chi connectivity index (χ1v) is 10.2. The SMILES string of the molecule is Cc1ccc(Cn2nc(C)c(C(=O)Nc3cccc(S(N)(=O)=O)c3)c2C)cc1. The van der Waals surface area contributed by atoms with Crippen LogP contribution in [-0.4, -0.2) is 24.1 Å². The number of aromatic nitrogens is 2. The highest BCUT2D eigenvalue weighted by atomic mass is 32.2. The van der Waals surface area contributed by atoms with Gasteiger partial charge in [-0.15, -0.1) is 0 Å². The quantitative estimate of drug-likeness (QED) is 0.689. The lowest BCUT2D eigenvalue weighted by Gasteiger charge is -2.08. The highest BCUT2D eigenvalue weighted by Gasteiger charge is 2.19. The van der Waals surface area contributed by atoms with Gasteiger partial charge in [0.15, 0.2) is 0 Å². The fourth-order valence-corrected chi connectivity index (χ4v) is 3.55. The van der Waals surface area contributed by atoms with Crippen molar-refractivity contribution in [3.05, 3.63) is 76.6 Å². The van der Waals surface area contributed by atoms with E-state index in [9.17, 15) is 13.2 Å². The van der Waals surface area contributed by atoms with E-state index in [1.54, 1.807) is 17.7 Å². The van der Waals surface area contributed by atoms with Gasteiger partial charge in [0.25, 0.3) is 5.91 Å². The van der Waals surface area contributed by atoms with Crippen LogP contribution < -0.4 is 10.5 Å². The standard InChI is InChI=1S/C20H22N4O3S/c1-13-7-9-16(10-8-13)12-24-15(3)19(14(2)23-24)20(25)22-17-5-4-6-18(11-17)28(21,26)27/h4-11H,12H2,1-3H3,(H,22,25)(H2,21,26,27). The third kappa shape index (κ3) is 4.29. The summed E-state index contributed by atoms with van der Waals surface area (Å²) in [6.45, 7) is 6.19. The number of nitrogens with one attached hydrogen (secondary N) is 1. The summed E-state index contributed by atoms with van der Waals surface area (Å²) >= 11 is 0. The van der Waals surface area contributed by atoms with Crippen LogP contribution in [0.4, 0.5) is 5.69 Å². The van der Waals surface area contributed by atoms with Crippen molar-refractivity contribution in [2.75, 3.05) is 5.32 Å². The fraction of sp³-hybridized carbons (Fsp3) is 0.200. The van der Waals surface area contributed by atoms with Crippen molar-refractivity contribution in [2.24, 2.45) is 5.14 Å². The zero-order chi connectivity index (χ0) is 20.5. The first-order valence-electron chi connectivity index (χ1n) is 8.69. The molecule has 0 atom stereocenters. The van der Waals surface area contributed by atoms with Crippen LogP contribution in [0.2, 0.25) is 0 Å². The van der Waals surface area contributed by atoms with Gasteiger partial charge in [0.2, 0.25) is 10.0 Å². The number of primary sulfonamides is 1. The second-order valence-electron chi connectivity index (χ2n) is 6.72. The molecule has 1 heterocycles. The molecule has 3 aromatic rings. The van der Waals surface area contributed by atoms with Crippen LogP contribution >= 0.6 is 0 Å². The average Bonchev–Trinajstić information content (AvgIpc) is 2.90. The number of hydrogen-bond donors (Lipinski definition) is 2. The minimum absolute atomic E-state index is 0.0613. The highest BCUT2D eigenvalue weighted by molar-refractivity contribution is 7.89. The van der Waals surface area contributed by atoms with E-state index in [0.29, 0.717) is 23.5 Å². The average molecular weight is 398 g/mol. The molecule has 0 aliphatic rings. The number of rotatable bonds is 5. The summed E-state index contributed by atoms with van der Waals surface area (Å²) in [4.78, 5) is 12.7. The Morgan fingerprint density at radius 2 is 1.79 bits per heavy atom. The van der Waals surface area contributed by atoms with E-state index in [1.165, 1.54) is 23.8 Å². The van der Waals surface area contributed by atoms with E-state index in [2.05, 4.69) is 10.4 Å². The number of benzene rings is 2. The first kappa shape index (κ1) is 19.8. The highest BCUT2D eigenvalue weighted by Crippen LogP contribution is 2.19. The summed E-state index contributed by atoms with van der Waals surface area (Å²) in [7, 11) is -3.84. The van der Waals surface area contributed by atoms with E-state index in [4.69, 9.17) is 5.14 Å². The Labute approximate surface area is 164 Å². The molecule has 2 aromatic carbocycles. The van der Waals surface area contributed by atoms with E-state index in [0.717, 1.165) is 11.3 Å². The Morgan fingerprint density at radius 3 is 2.43 bits per heavy atom. The molecule has 8 heteroatoms. The summed E-state index contributed by atoms with van der Waals surface area (Å²) in [5.74, 6) is -0.350. The van der Waals surface area contributed by atoms with E-state index < -0.39 is 10.0 Å². The van der Waals surface area contributed by atoms with Crippen LogP contribution in [0.15, 0.2) is 53.4 Å². The molecule has 3 rings (SSSR count). The van der Waals surface area contributed by atoms with Crippen molar-refractivity contribution in [1.29, 1.82) is 0 Å². The molecule has 0 unspecified atom stereocenters. The third-order valence-corrected chi connectivity index (χ3v) is 5.39. The molecule has 0 saturated carbocycles. The van der Waals surface area contributed by atoms with E-state index >= 15 is 0 Å². The minimum atomic E-state index is -3.84. The molecule has 0 saturated heterocycles. The van der Waals surface area contributed by atoms with Gasteiger partial charge in [-0.25, -0.2) is 13.6 Å². The predicted molar refractivity (Wildman–Crippen MR) is 108 cm³/mol. The summed E-state index contributed by atoms with van der Waals surface area (Å²) < 4.78 is 24.8. The van der Waals surface area contributed by atoms with Crippen molar-refractivity contribution in [1.82, 2.24) is 9.78 Å². The molecular formula is C20H22N4O3S. The Balaban J connectivity index is 1.85. The molecule has 0 spiro atoms. The maximum absolute atomic E-state index is 12.8. The lowest BCUT2D eigenvalue weighted by Crippen LogP contribution is -2.16. The van der Waals surface area contributed by atoms with Crippen LogP contribution in [0.5, 0.6) is 0 Å². The number of sulfonamides is 1. The molecule has 0 aliphatic carbocycles. The van der Waals surface area contributed by atoms with Crippen molar-refractivity contribution >= 4 is 21.6 Å². The van der Waals surface area contributed by atoms with E-state index in [-0.39, 0.29) is 10.8 Å². The molecule has 28 heavy (non-hydrogen) atoms. The second-order valence-corrected chi connectivity index (χ2v) is 8.28. The lowest BCUT2D eigenvalue weighted by molar-refractivity contribution is 0.102. The second kappa shape index (κ2) is 7.57. The molecule has 1 amide bonds. The third-order valence-electron chi connectivity index (χ3n) is 4.48. The summed E-state index contributed by atoms with van der Waals surface area (Å²) in [6.07, 6.45) is 0. The monoisotopic (exact) mass is 398 g/mol. The van der Waals surface area contributed by atoms with Crippen LogP contribution in [0.1, 0.15) is 32.9 Å². The Bertz CT molecular complexity index is 1130. The largest absolute Gasteiger partial charge is 0.322 e. The molecule has 0 bridgehead atoms. The van der Waals surface area contributed by atoms with Gasteiger partial charge in [-0.3, -0.25) is 9.48 Å². The van der Waals surface area contributed by atoms with Gasteiger partial charge in [0.1, 0.15) is 0 Å². The van der Waals surface area contributed by atoms with Gasteiger partial charge in [-0.1, -0.05) is 35.9 Å². The van der Waals surface area contributed by atoms with Gasteiger partial charge < -0.3 is 5.32 Å². The number of aryl methyl sites for hydroxylation is 2. The Kier molecular flexibility index (Phi) is 5.35. The molecular weight excluding hydrogens is 376 g/mol. The van der Waals surface area contributed by atoms with Gasteiger partial charge in [0, 0.05) is 11.4 Å². The van der Waals surface area contributed by atoms with Crippen molar-refractivity contribution in [2.45, 2.75) is 32.2 Å². The molecule has 3 N–H and O–H groups in total. The van der Waals surface area contributed by atoms with Crippen molar-refractivity contribution in [3.8, 4) is 0 Å². The molecule has 0 aliphatic heterocycles. The number of carbonyl (C=O) groups excluding carboxylic acids is 1. The zero-order valence-electron chi connectivity index (χ0n) is 15.9. The molecule has 7 nitrogen and oxygen atoms in total. The number of carbonyl (C=O) groups is 1. The number of nitrogens with two attached hydrogens (primary N) is 1. The minimum Gasteiger partial charge on any atom is -0.322 e. The topological polar surface area (TPSA) is 107 Å².